The second kappa shape index (κ2) is 7.13. The Bertz CT molecular complexity index is 665. The Kier molecular flexibility index (Phi) is 5.45. The molecular formula is C15H17Cl2N3O2. The molecule has 0 saturated heterocycles. The number of carbonyl (C=O) groups is 1. The number of carbonyl (C=O) groups excluding carboxylic acids is 1. The van der Waals surface area contributed by atoms with Crippen molar-refractivity contribution in [3.05, 3.63) is 51.3 Å². The summed E-state index contributed by atoms with van der Waals surface area (Å²) in [6.45, 7) is 4.33. The third-order valence-electron chi connectivity index (χ3n) is 3.22. The predicted octanol–water partition coefficient (Wildman–Crippen LogP) is 2.98. The van der Waals surface area contributed by atoms with Crippen molar-refractivity contribution in [3.63, 3.8) is 0 Å². The molecule has 2 aromatic rings. The molecule has 2 rings (SSSR count). The normalized spacial score (nSPS) is 12.2. The van der Waals surface area contributed by atoms with Crippen LogP contribution in [0.2, 0.25) is 10.0 Å². The zero-order valence-electron chi connectivity index (χ0n) is 12.3. The van der Waals surface area contributed by atoms with E-state index in [0.717, 1.165) is 5.69 Å². The highest BCUT2D eigenvalue weighted by Gasteiger charge is 2.18. The Morgan fingerprint density at radius 2 is 2.05 bits per heavy atom. The molecule has 118 valence electrons. The lowest BCUT2D eigenvalue weighted by molar-refractivity contribution is 0.0906. The lowest BCUT2D eigenvalue weighted by Gasteiger charge is -2.15. The molecule has 0 bridgehead atoms. The first kappa shape index (κ1) is 16.8. The molecule has 1 aromatic carbocycles. The average molecular weight is 342 g/mol. The number of halogens is 2. The highest BCUT2D eigenvalue weighted by atomic mass is 35.5. The van der Waals surface area contributed by atoms with Gasteiger partial charge in [0.1, 0.15) is 5.69 Å². The van der Waals surface area contributed by atoms with Crippen molar-refractivity contribution in [2.24, 2.45) is 0 Å². The summed E-state index contributed by atoms with van der Waals surface area (Å²) >= 11 is 12.1. The van der Waals surface area contributed by atoms with E-state index in [4.69, 9.17) is 23.2 Å². The average Bonchev–Trinajstić information content (AvgIpc) is 2.85. The minimum Gasteiger partial charge on any atom is -0.386 e. The van der Waals surface area contributed by atoms with Gasteiger partial charge in [-0.1, -0.05) is 29.3 Å². The molecular weight excluding hydrogens is 325 g/mol. The number of aromatic nitrogens is 2. The molecule has 1 aromatic heterocycles. The maximum absolute atomic E-state index is 12.2. The number of rotatable bonds is 5. The Balaban J connectivity index is 2.07. The lowest BCUT2D eigenvalue weighted by Crippen LogP contribution is -2.30. The molecule has 7 heteroatoms. The Hall–Kier alpha value is -1.56. The quantitative estimate of drug-likeness (QED) is 0.878. The van der Waals surface area contributed by atoms with Gasteiger partial charge in [-0.2, -0.15) is 5.10 Å². The predicted molar refractivity (Wildman–Crippen MR) is 86.4 cm³/mol. The minimum atomic E-state index is -0.982. The van der Waals surface area contributed by atoms with Gasteiger partial charge in [0.15, 0.2) is 0 Å². The van der Waals surface area contributed by atoms with Gasteiger partial charge < -0.3 is 10.4 Å². The molecule has 0 fully saturated rings. The van der Waals surface area contributed by atoms with Crippen LogP contribution in [0.5, 0.6) is 0 Å². The molecule has 0 spiro atoms. The smallest absolute Gasteiger partial charge is 0.269 e. The molecule has 0 radical (unpaired) electrons. The molecule has 22 heavy (non-hydrogen) atoms. The van der Waals surface area contributed by atoms with E-state index in [1.165, 1.54) is 0 Å². The second-order valence-corrected chi connectivity index (χ2v) is 5.66. The number of nitrogens with one attached hydrogen (secondary N) is 1. The van der Waals surface area contributed by atoms with Crippen LogP contribution in [0.1, 0.15) is 34.8 Å². The van der Waals surface area contributed by atoms with Gasteiger partial charge in [-0.15, -0.1) is 0 Å². The van der Waals surface area contributed by atoms with E-state index >= 15 is 0 Å². The van der Waals surface area contributed by atoms with Crippen molar-refractivity contribution >= 4 is 29.1 Å². The third-order valence-corrected chi connectivity index (χ3v) is 3.88. The highest BCUT2D eigenvalue weighted by molar-refractivity contribution is 6.36. The topological polar surface area (TPSA) is 67.2 Å². The molecule has 0 aliphatic carbocycles. The zero-order chi connectivity index (χ0) is 16.3. The molecule has 5 nitrogen and oxygen atoms in total. The molecule has 1 amide bonds. The van der Waals surface area contributed by atoms with Crippen LogP contribution in [0.25, 0.3) is 0 Å². The van der Waals surface area contributed by atoms with Crippen LogP contribution in [-0.4, -0.2) is 27.3 Å². The summed E-state index contributed by atoms with van der Waals surface area (Å²) in [4.78, 5) is 12.2. The van der Waals surface area contributed by atoms with Crippen LogP contribution in [-0.2, 0) is 6.54 Å². The van der Waals surface area contributed by atoms with Crippen molar-refractivity contribution in [1.29, 1.82) is 0 Å². The van der Waals surface area contributed by atoms with E-state index in [-0.39, 0.29) is 12.5 Å². The standard InChI is InChI=1S/C15H17Cl2N3O2/c1-3-20-12(7-9(2)19-20)15(22)18-8-13(21)14-10(16)5-4-6-11(14)17/h4-7,13,21H,3,8H2,1-2H3,(H,18,22)/t13-/m1/s1. The first-order valence-corrected chi connectivity index (χ1v) is 7.64. The summed E-state index contributed by atoms with van der Waals surface area (Å²) in [5, 5.41) is 17.8. The van der Waals surface area contributed by atoms with E-state index in [9.17, 15) is 9.90 Å². The summed E-state index contributed by atoms with van der Waals surface area (Å²) < 4.78 is 1.61. The van der Waals surface area contributed by atoms with Crippen LogP contribution >= 0.6 is 23.2 Å². The number of benzene rings is 1. The maximum atomic E-state index is 12.2. The van der Waals surface area contributed by atoms with E-state index in [2.05, 4.69) is 10.4 Å². The number of amides is 1. The Morgan fingerprint density at radius 1 is 1.41 bits per heavy atom. The number of aliphatic hydroxyl groups is 1. The van der Waals surface area contributed by atoms with E-state index in [0.29, 0.717) is 27.8 Å². The SMILES string of the molecule is CCn1nc(C)cc1C(=O)NC[C@@H](O)c1c(Cl)cccc1Cl. The third kappa shape index (κ3) is 3.61. The van der Waals surface area contributed by atoms with Gasteiger partial charge in [-0.25, -0.2) is 0 Å². The lowest BCUT2D eigenvalue weighted by atomic mass is 10.1. The molecule has 1 heterocycles. The molecule has 0 aliphatic heterocycles. The monoisotopic (exact) mass is 341 g/mol. The number of hydrogen-bond acceptors (Lipinski definition) is 3. The Morgan fingerprint density at radius 3 is 2.64 bits per heavy atom. The van der Waals surface area contributed by atoms with Gasteiger partial charge in [-0.3, -0.25) is 9.48 Å². The van der Waals surface area contributed by atoms with Gasteiger partial charge in [0, 0.05) is 28.7 Å². The number of nitrogens with zero attached hydrogens (tertiary/aromatic N) is 2. The summed E-state index contributed by atoms with van der Waals surface area (Å²) in [7, 11) is 0. The zero-order valence-corrected chi connectivity index (χ0v) is 13.8. The second-order valence-electron chi connectivity index (χ2n) is 4.85. The van der Waals surface area contributed by atoms with Crippen LogP contribution in [0.3, 0.4) is 0 Å². The van der Waals surface area contributed by atoms with E-state index < -0.39 is 6.10 Å². The van der Waals surface area contributed by atoms with E-state index in [1.807, 2.05) is 13.8 Å². The van der Waals surface area contributed by atoms with Crippen molar-refractivity contribution in [1.82, 2.24) is 15.1 Å². The van der Waals surface area contributed by atoms with Gasteiger partial charge >= 0.3 is 0 Å². The maximum Gasteiger partial charge on any atom is 0.269 e. The molecule has 1 atom stereocenters. The van der Waals surface area contributed by atoms with Gasteiger partial charge in [0.05, 0.1) is 11.8 Å². The van der Waals surface area contributed by atoms with Crippen LogP contribution in [0.15, 0.2) is 24.3 Å². The number of hydrogen-bond donors (Lipinski definition) is 2. The van der Waals surface area contributed by atoms with E-state index in [1.54, 1.807) is 28.9 Å². The summed E-state index contributed by atoms with van der Waals surface area (Å²) in [6, 6.07) is 6.68. The van der Waals surface area contributed by atoms with Crippen molar-refractivity contribution in [2.75, 3.05) is 6.54 Å². The molecule has 2 N–H and O–H groups in total. The number of aryl methyl sites for hydroxylation is 2. The first-order chi connectivity index (χ1) is 10.4. The van der Waals surface area contributed by atoms with Gasteiger partial charge in [0.2, 0.25) is 0 Å². The first-order valence-electron chi connectivity index (χ1n) is 6.88. The largest absolute Gasteiger partial charge is 0.386 e. The minimum absolute atomic E-state index is 0.0101. The summed E-state index contributed by atoms with van der Waals surface area (Å²) in [5.74, 6) is -0.301. The molecule has 0 saturated carbocycles. The van der Waals surface area contributed by atoms with Crippen molar-refractivity contribution in [3.8, 4) is 0 Å². The van der Waals surface area contributed by atoms with Crippen LogP contribution in [0.4, 0.5) is 0 Å². The fraction of sp³-hybridized carbons (Fsp3) is 0.333. The fourth-order valence-electron chi connectivity index (χ4n) is 2.18. The van der Waals surface area contributed by atoms with Crippen molar-refractivity contribution < 1.29 is 9.90 Å². The van der Waals surface area contributed by atoms with Gasteiger partial charge in [-0.05, 0) is 32.0 Å². The molecule has 0 unspecified atom stereocenters. The summed E-state index contributed by atoms with van der Waals surface area (Å²) in [6.07, 6.45) is -0.982. The van der Waals surface area contributed by atoms with Gasteiger partial charge in [0.25, 0.3) is 5.91 Å². The fourth-order valence-corrected chi connectivity index (χ4v) is 2.83. The number of aliphatic hydroxyl groups excluding tert-OH is 1. The van der Waals surface area contributed by atoms with Crippen molar-refractivity contribution in [2.45, 2.75) is 26.5 Å². The van der Waals surface area contributed by atoms with Crippen LogP contribution in [0, 0.1) is 6.92 Å². The Labute approximate surface area is 138 Å². The molecule has 0 aliphatic rings. The van der Waals surface area contributed by atoms with Crippen LogP contribution < -0.4 is 5.32 Å². The highest BCUT2D eigenvalue weighted by Crippen LogP contribution is 2.29. The summed E-state index contributed by atoms with van der Waals surface area (Å²) in [5.41, 5.74) is 1.63.